The number of nitrogens with zero attached hydrogens (tertiary/aromatic N) is 1. The third-order valence-electron chi connectivity index (χ3n) is 3.81. The molecule has 1 heterocycles. The van der Waals surface area contributed by atoms with E-state index in [0.29, 0.717) is 17.5 Å². The minimum atomic E-state index is -0.338. The number of rotatable bonds is 5. The maximum absolute atomic E-state index is 11.1. The molecule has 116 valence electrons. The third-order valence-corrected chi connectivity index (χ3v) is 3.81. The molecule has 5 nitrogen and oxygen atoms in total. The highest BCUT2D eigenvalue weighted by atomic mass is 16.6. The van der Waals surface area contributed by atoms with Gasteiger partial charge in [-0.3, -0.25) is 9.69 Å². The normalized spacial score (nSPS) is 17.3. The minimum absolute atomic E-state index is 0.338. The van der Waals surface area contributed by atoms with E-state index >= 15 is 0 Å². The van der Waals surface area contributed by atoms with Crippen LogP contribution in [-0.2, 0) is 4.79 Å². The SMILES string of the molecule is CC[C@@H](c1ccc(OC(C)=O)c(OC)c1)N1CCNCC1. The van der Waals surface area contributed by atoms with Crippen LogP contribution in [0.2, 0.25) is 0 Å². The molecule has 0 unspecified atom stereocenters. The van der Waals surface area contributed by atoms with E-state index in [-0.39, 0.29) is 5.97 Å². The van der Waals surface area contributed by atoms with Gasteiger partial charge in [0.25, 0.3) is 0 Å². The molecule has 0 radical (unpaired) electrons. The van der Waals surface area contributed by atoms with Crippen molar-refractivity contribution in [3.8, 4) is 11.5 Å². The van der Waals surface area contributed by atoms with Crippen LogP contribution >= 0.6 is 0 Å². The molecule has 1 atom stereocenters. The number of ether oxygens (including phenoxy) is 2. The molecule has 0 aromatic heterocycles. The van der Waals surface area contributed by atoms with Crippen molar-refractivity contribution in [3.05, 3.63) is 23.8 Å². The average Bonchev–Trinajstić information content (AvgIpc) is 2.50. The number of benzene rings is 1. The maximum Gasteiger partial charge on any atom is 0.308 e. The second-order valence-corrected chi connectivity index (χ2v) is 5.21. The molecule has 0 spiro atoms. The lowest BCUT2D eigenvalue weighted by atomic mass is 10.0. The Kier molecular flexibility index (Phi) is 5.59. The molecular weight excluding hydrogens is 268 g/mol. The van der Waals surface area contributed by atoms with Crippen LogP contribution in [0.4, 0.5) is 0 Å². The minimum Gasteiger partial charge on any atom is -0.493 e. The Morgan fingerprint density at radius 3 is 2.62 bits per heavy atom. The summed E-state index contributed by atoms with van der Waals surface area (Å²) in [5, 5.41) is 3.37. The highest BCUT2D eigenvalue weighted by Gasteiger charge is 2.22. The molecule has 1 aromatic rings. The number of nitrogens with one attached hydrogen (secondary N) is 1. The molecule has 1 N–H and O–H groups in total. The number of hydrogen-bond acceptors (Lipinski definition) is 5. The number of esters is 1. The molecule has 0 aliphatic carbocycles. The van der Waals surface area contributed by atoms with Crippen molar-refractivity contribution in [1.29, 1.82) is 0 Å². The maximum atomic E-state index is 11.1. The predicted octanol–water partition coefficient (Wildman–Crippen LogP) is 1.98. The Morgan fingerprint density at radius 2 is 2.05 bits per heavy atom. The van der Waals surface area contributed by atoms with Crippen LogP contribution in [0.1, 0.15) is 31.9 Å². The van der Waals surface area contributed by atoms with Crippen LogP contribution in [0.5, 0.6) is 11.5 Å². The van der Waals surface area contributed by atoms with Crippen LogP contribution in [0, 0.1) is 0 Å². The van der Waals surface area contributed by atoms with Crippen molar-refractivity contribution < 1.29 is 14.3 Å². The molecule has 0 amide bonds. The van der Waals surface area contributed by atoms with Crippen molar-refractivity contribution in [2.45, 2.75) is 26.3 Å². The molecular formula is C16H24N2O3. The van der Waals surface area contributed by atoms with Crippen LogP contribution in [0.15, 0.2) is 18.2 Å². The van der Waals surface area contributed by atoms with Crippen LogP contribution in [-0.4, -0.2) is 44.2 Å². The van der Waals surface area contributed by atoms with Gasteiger partial charge in [-0.1, -0.05) is 13.0 Å². The van der Waals surface area contributed by atoms with Gasteiger partial charge >= 0.3 is 5.97 Å². The van der Waals surface area contributed by atoms with E-state index in [1.165, 1.54) is 12.5 Å². The summed E-state index contributed by atoms with van der Waals surface area (Å²) >= 11 is 0. The van der Waals surface area contributed by atoms with E-state index in [1.54, 1.807) is 7.11 Å². The Balaban J connectivity index is 2.22. The first-order valence-corrected chi connectivity index (χ1v) is 7.46. The van der Waals surface area contributed by atoms with E-state index in [0.717, 1.165) is 32.6 Å². The number of hydrogen-bond donors (Lipinski definition) is 1. The van der Waals surface area contributed by atoms with Gasteiger partial charge < -0.3 is 14.8 Å². The largest absolute Gasteiger partial charge is 0.493 e. The lowest BCUT2D eigenvalue weighted by Gasteiger charge is -2.35. The summed E-state index contributed by atoms with van der Waals surface area (Å²) in [6.07, 6.45) is 1.04. The molecule has 21 heavy (non-hydrogen) atoms. The number of carbonyl (C=O) groups is 1. The fourth-order valence-corrected chi connectivity index (χ4v) is 2.83. The van der Waals surface area contributed by atoms with Gasteiger partial charge in [0.05, 0.1) is 7.11 Å². The predicted molar refractivity (Wildman–Crippen MR) is 81.8 cm³/mol. The lowest BCUT2D eigenvalue weighted by molar-refractivity contribution is -0.132. The number of piperazine rings is 1. The van der Waals surface area contributed by atoms with Crippen molar-refractivity contribution in [3.63, 3.8) is 0 Å². The van der Waals surface area contributed by atoms with Gasteiger partial charge in [0.2, 0.25) is 0 Å². The summed E-state index contributed by atoms with van der Waals surface area (Å²) in [5.74, 6) is 0.746. The molecule has 1 aromatic carbocycles. The van der Waals surface area contributed by atoms with E-state index in [1.807, 2.05) is 18.2 Å². The summed E-state index contributed by atoms with van der Waals surface area (Å²) in [6, 6.07) is 6.19. The van der Waals surface area contributed by atoms with E-state index in [9.17, 15) is 4.79 Å². The van der Waals surface area contributed by atoms with Crippen molar-refractivity contribution in [1.82, 2.24) is 10.2 Å². The second-order valence-electron chi connectivity index (χ2n) is 5.21. The van der Waals surface area contributed by atoms with Crippen molar-refractivity contribution in [2.75, 3.05) is 33.3 Å². The Labute approximate surface area is 126 Å². The lowest BCUT2D eigenvalue weighted by Crippen LogP contribution is -2.45. The van der Waals surface area contributed by atoms with Gasteiger partial charge in [-0.2, -0.15) is 0 Å². The highest BCUT2D eigenvalue weighted by molar-refractivity contribution is 5.70. The van der Waals surface area contributed by atoms with Crippen molar-refractivity contribution in [2.24, 2.45) is 0 Å². The first-order chi connectivity index (χ1) is 10.2. The van der Waals surface area contributed by atoms with Crippen LogP contribution in [0.25, 0.3) is 0 Å². The first-order valence-electron chi connectivity index (χ1n) is 7.46. The Morgan fingerprint density at radius 1 is 1.33 bits per heavy atom. The first kappa shape index (κ1) is 15.8. The number of methoxy groups -OCH3 is 1. The monoisotopic (exact) mass is 292 g/mol. The van der Waals surface area contributed by atoms with E-state index < -0.39 is 0 Å². The summed E-state index contributed by atoms with van der Waals surface area (Å²) in [7, 11) is 1.60. The Hall–Kier alpha value is -1.59. The van der Waals surface area contributed by atoms with Crippen molar-refractivity contribution >= 4 is 5.97 Å². The summed E-state index contributed by atoms with van der Waals surface area (Å²) < 4.78 is 10.5. The van der Waals surface area contributed by atoms with Gasteiger partial charge in [0.15, 0.2) is 11.5 Å². The zero-order valence-corrected chi connectivity index (χ0v) is 13.0. The average molecular weight is 292 g/mol. The molecule has 2 rings (SSSR count). The van der Waals surface area contributed by atoms with Gasteiger partial charge in [-0.15, -0.1) is 0 Å². The summed E-state index contributed by atoms with van der Waals surface area (Å²) in [4.78, 5) is 13.6. The zero-order valence-electron chi connectivity index (χ0n) is 13.0. The quantitative estimate of drug-likeness (QED) is 0.664. The van der Waals surface area contributed by atoms with E-state index in [4.69, 9.17) is 9.47 Å². The van der Waals surface area contributed by atoms with Gasteiger partial charge in [-0.05, 0) is 24.1 Å². The summed E-state index contributed by atoms with van der Waals surface area (Å²) in [5.41, 5.74) is 1.20. The van der Waals surface area contributed by atoms with Crippen LogP contribution in [0.3, 0.4) is 0 Å². The van der Waals surface area contributed by atoms with Gasteiger partial charge in [0.1, 0.15) is 0 Å². The van der Waals surface area contributed by atoms with Crippen LogP contribution < -0.4 is 14.8 Å². The number of carbonyl (C=O) groups excluding carboxylic acids is 1. The second kappa shape index (κ2) is 7.43. The zero-order chi connectivity index (χ0) is 15.2. The molecule has 1 fully saturated rings. The highest BCUT2D eigenvalue weighted by Crippen LogP contribution is 2.33. The molecule has 1 aliphatic rings. The smallest absolute Gasteiger partial charge is 0.308 e. The topological polar surface area (TPSA) is 50.8 Å². The Bertz CT molecular complexity index is 484. The van der Waals surface area contributed by atoms with E-state index in [2.05, 4.69) is 17.1 Å². The fourth-order valence-electron chi connectivity index (χ4n) is 2.83. The molecule has 1 saturated heterocycles. The molecule has 0 bridgehead atoms. The fraction of sp³-hybridized carbons (Fsp3) is 0.562. The molecule has 5 heteroatoms. The third kappa shape index (κ3) is 3.95. The summed E-state index contributed by atoms with van der Waals surface area (Å²) in [6.45, 7) is 7.74. The standard InChI is InChI=1S/C16H24N2O3/c1-4-14(18-9-7-17-8-10-18)13-5-6-15(21-12(2)19)16(11-13)20-3/h5-6,11,14,17H,4,7-10H2,1-3H3/t14-/m0/s1. The molecule has 1 aliphatic heterocycles. The molecule has 0 saturated carbocycles. The van der Waals surface area contributed by atoms with Gasteiger partial charge in [0, 0.05) is 39.1 Å². The van der Waals surface area contributed by atoms with Gasteiger partial charge in [-0.25, -0.2) is 0 Å².